The molecule has 5 heteroatoms. The van der Waals surface area contributed by atoms with Gasteiger partial charge in [-0.05, 0) is 77.9 Å². The molecule has 0 aliphatic carbocycles. The predicted octanol–water partition coefficient (Wildman–Crippen LogP) is 4.78. The molecular formula is C26H29N3OS. The molecule has 1 amide bonds. The summed E-state index contributed by atoms with van der Waals surface area (Å²) in [6.45, 7) is 3.65. The van der Waals surface area contributed by atoms with Crippen LogP contribution in [0.1, 0.15) is 24.8 Å². The maximum atomic E-state index is 12.8. The minimum absolute atomic E-state index is 0.195. The maximum absolute atomic E-state index is 12.8. The highest BCUT2D eigenvalue weighted by atomic mass is 32.1. The first kappa shape index (κ1) is 20.3. The normalized spacial score (nSPS) is 18.5. The van der Waals surface area contributed by atoms with Gasteiger partial charge in [0.1, 0.15) is 5.54 Å². The van der Waals surface area contributed by atoms with Crippen LogP contribution in [0.4, 0.5) is 5.69 Å². The number of carbonyl (C=O) groups is 1. The van der Waals surface area contributed by atoms with E-state index >= 15 is 0 Å². The van der Waals surface area contributed by atoms with E-state index in [9.17, 15) is 4.79 Å². The van der Waals surface area contributed by atoms with Crippen molar-refractivity contribution in [2.45, 2.75) is 31.2 Å². The van der Waals surface area contributed by atoms with Crippen LogP contribution in [-0.2, 0) is 11.2 Å². The Morgan fingerprint density at radius 1 is 0.968 bits per heavy atom. The van der Waals surface area contributed by atoms with Gasteiger partial charge in [-0.15, -0.1) is 0 Å². The zero-order chi connectivity index (χ0) is 21.1. The van der Waals surface area contributed by atoms with Crippen LogP contribution < -0.4 is 10.2 Å². The van der Waals surface area contributed by atoms with Crippen molar-refractivity contribution in [2.24, 2.45) is 0 Å². The molecule has 3 heterocycles. The fourth-order valence-electron chi connectivity index (χ4n) is 5.11. The third kappa shape index (κ3) is 4.00. The monoisotopic (exact) mass is 431 g/mol. The number of piperidine rings is 1. The number of benzene rings is 2. The van der Waals surface area contributed by atoms with Crippen molar-refractivity contribution in [3.05, 3.63) is 77.0 Å². The molecule has 3 aromatic rings. The number of carbonyl (C=O) groups excluding carboxylic acids is 1. The summed E-state index contributed by atoms with van der Waals surface area (Å²) in [5.74, 6) is 0.195. The summed E-state index contributed by atoms with van der Waals surface area (Å²) >= 11 is 1.75. The van der Waals surface area contributed by atoms with Gasteiger partial charge in [0, 0.05) is 18.8 Å². The molecule has 5 rings (SSSR count). The Bertz CT molecular complexity index is 1010. The molecule has 0 saturated carbocycles. The molecule has 2 aromatic carbocycles. The molecule has 4 nitrogen and oxygen atoms in total. The van der Waals surface area contributed by atoms with Crippen LogP contribution >= 0.6 is 11.3 Å². The standard InChI is InChI=1S/C26H29N3OS/c30-25-26(29(20-27-25)23-9-2-1-3-10-23)13-16-28(17-14-26)15-6-8-21-7-4-5-11-24(21)22-12-18-31-19-22/h1-5,7,9-12,18-19H,6,8,13-17,20H2,(H,27,30). The molecule has 2 aliphatic heterocycles. The van der Waals surface area contributed by atoms with Crippen LogP contribution in [0, 0.1) is 0 Å². The predicted molar refractivity (Wildman–Crippen MR) is 128 cm³/mol. The number of rotatable bonds is 6. The van der Waals surface area contributed by atoms with Crippen molar-refractivity contribution >= 4 is 22.9 Å². The Kier molecular flexibility index (Phi) is 5.79. The number of likely N-dealkylation sites (tertiary alicyclic amines) is 1. The quantitative estimate of drug-likeness (QED) is 0.610. The smallest absolute Gasteiger partial charge is 0.247 e. The highest BCUT2D eigenvalue weighted by molar-refractivity contribution is 7.08. The second-order valence-electron chi connectivity index (χ2n) is 8.57. The lowest BCUT2D eigenvalue weighted by Crippen LogP contribution is -2.56. The highest BCUT2D eigenvalue weighted by Gasteiger charge is 2.50. The van der Waals surface area contributed by atoms with Crippen LogP contribution in [0.5, 0.6) is 0 Å². The summed E-state index contributed by atoms with van der Waals surface area (Å²) in [4.78, 5) is 17.6. The Labute approximate surface area is 188 Å². The molecule has 2 aliphatic rings. The second-order valence-corrected chi connectivity index (χ2v) is 9.35. The number of para-hydroxylation sites is 1. The van der Waals surface area contributed by atoms with Gasteiger partial charge >= 0.3 is 0 Å². The average Bonchev–Trinajstić information content (AvgIpc) is 3.45. The zero-order valence-electron chi connectivity index (χ0n) is 17.8. The number of amides is 1. The number of aryl methyl sites for hydroxylation is 1. The molecule has 2 saturated heterocycles. The first-order valence-electron chi connectivity index (χ1n) is 11.2. The van der Waals surface area contributed by atoms with Crippen molar-refractivity contribution in [3.63, 3.8) is 0 Å². The van der Waals surface area contributed by atoms with E-state index in [-0.39, 0.29) is 11.4 Å². The van der Waals surface area contributed by atoms with Gasteiger partial charge in [-0.2, -0.15) is 11.3 Å². The molecule has 2 fully saturated rings. The van der Waals surface area contributed by atoms with Crippen molar-refractivity contribution in [1.82, 2.24) is 10.2 Å². The number of thiophene rings is 1. The van der Waals surface area contributed by atoms with Gasteiger partial charge in [0.25, 0.3) is 0 Å². The van der Waals surface area contributed by atoms with Crippen LogP contribution in [0.2, 0.25) is 0 Å². The van der Waals surface area contributed by atoms with E-state index in [0.717, 1.165) is 51.0 Å². The fraction of sp³-hybridized carbons (Fsp3) is 0.346. The molecule has 1 aromatic heterocycles. The van der Waals surface area contributed by atoms with Crippen LogP contribution in [0.15, 0.2) is 71.4 Å². The van der Waals surface area contributed by atoms with E-state index in [1.807, 2.05) is 6.07 Å². The third-order valence-electron chi connectivity index (χ3n) is 6.86. The number of hydrogen-bond acceptors (Lipinski definition) is 4. The summed E-state index contributed by atoms with van der Waals surface area (Å²) in [5.41, 5.74) is 4.87. The van der Waals surface area contributed by atoms with Gasteiger partial charge in [-0.3, -0.25) is 4.79 Å². The lowest BCUT2D eigenvalue weighted by Gasteiger charge is -2.43. The van der Waals surface area contributed by atoms with E-state index in [2.05, 4.69) is 80.5 Å². The number of anilines is 1. The summed E-state index contributed by atoms with van der Waals surface area (Å²) < 4.78 is 0. The third-order valence-corrected chi connectivity index (χ3v) is 7.54. The van der Waals surface area contributed by atoms with Gasteiger partial charge in [0.15, 0.2) is 0 Å². The van der Waals surface area contributed by atoms with E-state index in [0.29, 0.717) is 6.67 Å². The van der Waals surface area contributed by atoms with Crippen LogP contribution in [-0.4, -0.2) is 42.6 Å². The zero-order valence-corrected chi connectivity index (χ0v) is 18.6. The molecule has 1 spiro atoms. The van der Waals surface area contributed by atoms with E-state index in [1.54, 1.807) is 11.3 Å². The molecule has 0 atom stereocenters. The average molecular weight is 432 g/mol. The molecule has 0 bridgehead atoms. The van der Waals surface area contributed by atoms with Gasteiger partial charge in [-0.1, -0.05) is 42.5 Å². The Hall–Kier alpha value is -2.63. The lowest BCUT2D eigenvalue weighted by molar-refractivity contribution is -0.125. The van der Waals surface area contributed by atoms with Crippen molar-refractivity contribution in [1.29, 1.82) is 0 Å². The fourth-order valence-corrected chi connectivity index (χ4v) is 5.77. The van der Waals surface area contributed by atoms with Crippen molar-refractivity contribution in [3.8, 4) is 11.1 Å². The van der Waals surface area contributed by atoms with E-state index in [1.165, 1.54) is 16.7 Å². The summed E-state index contributed by atoms with van der Waals surface area (Å²) in [6, 6.07) is 21.3. The molecule has 0 radical (unpaired) electrons. The van der Waals surface area contributed by atoms with Gasteiger partial charge in [0.2, 0.25) is 5.91 Å². The molecule has 160 valence electrons. The summed E-state index contributed by atoms with van der Waals surface area (Å²) in [5, 5.41) is 7.47. The Morgan fingerprint density at radius 2 is 1.74 bits per heavy atom. The Morgan fingerprint density at radius 3 is 2.52 bits per heavy atom. The Balaban J connectivity index is 1.19. The van der Waals surface area contributed by atoms with Crippen molar-refractivity contribution < 1.29 is 4.79 Å². The lowest BCUT2D eigenvalue weighted by atomic mass is 9.85. The molecular weight excluding hydrogens is 402 g/mol. The number of nitrogens with zero attached hydrogens (tertiary/aromatic N) is 2. The first-order valence-corrected chi connectivity index (χ1v) is 12.1. The van der Waals surface area contributed by atoms with Gasteiger partial charge in [-0.25, -0.2) is 0 Å². The minimum Gasteiger partial charge on any atom is -0.339 e. The minimum atomic E-state index is -0.386. The largest absolute Gasteiger partial charge is 0.339 e. The van der Waals surface area contributed by atoms with Gasteiger partial charge < -0.3 is 15.1 Å². The van der Waals surface area contributed by atoms with Crippen LogP contribution in [0.25, 0.3) is 11.1 Å². The van der Waals surface area contributed by atoms with E-state index in [4.69, 9.17) is 0 Å². The molecule has 0 unspecified atom stereocenters. The van der Waals surface area contributed by atoms with Crippen LogP contribution in [0.3, 0.4) is 0 Å². The molecule has 31 heavy (non-hydrogen) atoms. The second kappa shape index (κ2) is 8.85. The first-order chi connectivity index (χ1) is 15.3. The molecule has 1 N–H and O–H groups in total. The topological polar surface area (TPSA) is 35.6 Å². The SMILES string of the molecule is O=C1NCN(c2ccccc2)C12CCN(CCCc1ccccc1-c1ccsc1)CC2. The summed E-state index contributed by atoms with van der Waals surface area (Å²) in [7, 11) is 0. The van der Waals surface area contributed by atoms with Crippen molar-refractivity contribution in [2.75, 3.05) is 31.2 Å². The number of nitrogens with one attached hydrogen (secondary N) is 1. The summed E-state index contributed by atoms with van der Waals surface area (Å²) in [6.07, 6.45) is 4.01. The van der Waals surface area contributed by atoms with Gasteiger partial charge in [0.05, 0.1) is 6.67 Å². The maximum Gasteiger partial charge on any atom is 0.247 e. The highest BCUT2D eigenvalue weighted by Crippen LogP contribution is 2.36. The number of hydrogen-bond donors (Lipinski definition) is 1. The van der Waals surface area contributed by atoms with E-state index < -0.39 is 0 Å².